The van der Waals surface area contributed by atoms with Crippen molar-refractivity contribution < 1.29 is 19.0 Å². The quantitative estimate of drug-likeness (QED) is 0.878. The summed E-state index contributed by atoms with van der Waals surface area (Å²) in [5, 5.41) is 11.5. The molecule has 0 bridgehead atoms. The molecule has 2 aliphatic heterocycles. The molecular weight excluding hydrogens is 260 g/mol. The molecule has 3 rings (SSSR count). The van der Waals surface area contributed by atoms with Gasteiger partial charge in [-0.1, -0.05) is 0 Å². The van der Waals surface area contributed by atoms with Gasteiger partial charge in [-0.15, -0.1) is 0 Å². The molecule has 0 radical (unpaired) electrons. The first-order valence-corrected chi connectivity index (χ1v) is 6.25. The number of nitrogens with one attached hydrogen (secondary N) is 1. The van der Waals surface area contributed by atoms with Crippen molar-refractivity contribution in [3.8, 4) is 17.6 Å². The lowest BCUT2D eigenvalue weighted by Crippen LogP contribution is -2.24. The van der Waals surface area contributed by atoms with E-state index in [9.17, 15) is 4.79 Å². The predicted molar refractivity (Wildman–Crippen MR) is 68.1 cm³/mol. The lowest BCUT2D eigenvalue weighted by atomic mass is 10.1. The molecule has 6 nitrogen and oxygen atoms in total. The van der Waals surface area contributed by atoms with E-state index in [4.69, 9.17) is 19.5 Å². The maximum absolute atomic E-state index is 12.1. The number of nitrogens with zero attached hydrogens (tertiary/aromatic N) is 1. The minimum absolute atomic E-state index is 0.243. The van der Waals surface area contributed by atoms with Crippen LogP contribution in [-0.4, -0.2) is 25.7 Å². The zero-order chi connectivity index (χ0) is 13.9. The van der Waals surface area contributed by atoms with Crippen molar-refractivity contribution in [2.45, 2.75) is 6.42 Å². The van der Waals surface area contributed by atoms with E-state index >= 15 is 0 Å². The summed E-state index contributed by atoms with van der Waals surface area (Å²) >= 11 is 0. The van der Waals surface area contributed by atoms with Crippen LogP contribution in [0.5, 0.6) is 11.5 Å². The summed E-state index contributed by atoms with van der Waals surface area (Å²) in [6.07, 6.45) is 0.521. The second-order valence-corrected chi connectivity index (χ2v) is 4.33. The Morgan fingerprint density at radius 3 is 2.75 bits per heavy atom. The van der Waals surface area contributed by atoms with Gasteiger partial charge in [0.1, 0.15) is 19.3 Å². The highest BCUT2D eigenvalue weighted by atomic mass is 16.6. The first kappa shape index (κ1) is 12.4. The molecule has 1 aromatic carbocycles. The molecule has 0 saturated heterocycles. The molecule has 0 saturated carbocycles. The van der Waals surface area contributed by atoms with Crippen LogP contribution in [0.25, 0.3) is 0 Å². The van der Waals surface area contributed by atoms with Crippen molar-refractivity contribution in [3.63, 3.8) is 0 Å². The average Bonchev–Trinajstić information content (AvgIpc) is 2.94. The number of carbonyl (C=O) groups is 1. The van der Waals surface area contributed by atoms with Crippen molar-refractivity contribution in [2.24, 2.45) is 0 Å². The van der Waals surface area contributed by atoms with Crippen LogP contribution in [0, 0.1) is 11.3 Å². The Morgan fingerprint density at radius 1 is 1.15 bits per heavy atom. The van der Waals surface area contributed by atoms with Crippen LogP contribution in [0.2, 0.25) is 0 Å². The van der Waals surface area contributed by atoms with Crippen molar-refractivity contribution in [3.05, 3.63) is 35.2 Å². The largest absolute Gasteiger partial charge is 0.486 e. The molecule has 0 aromatic heterocycles. The Morgan fingerprint density at radius 2 is 1.95 bits per heavy atom. The standard InChI is InChI=1S/C14H12N2O4/c15-8-10-3-4-20-14(10)16-13(17)9-1-2-11-12(7-9)19-6-5-18-11/h1-2,7H,3-6H2,(H,16,17). The summed E-state index contributed by atoms with van der Waals surface area (Å²) in [7, 11) is 0. The second kappa shape index (κ2) is 5.13. The molecule has 0 atom stereocenters. The fraction of sp³-hybridized carbons (Fsp3) is 0.286. The minimum atomic E-state index is -0.341. The number of nitriles is 1. The molecule has 2 aliphatic rings. The van der Waals surface area contributed by atoms with E-state index < -0.39 is 0 Å². The number of amides is 1. The fourth-order valence-corrected chi connectivity index (χ4v) is 2.03. The normalized spacial score (nSPS) is 16.4. The third-order valence-corrected chi connectivity index (χ3v) is 3.04. The zero-order valence-electron chi connectivity index (χ0n) is 10.6. The smallest absolute Gasteiger partial charge is 0.258 e. The molecule has 1 N–H and O–H groups in total. The van der Waals surface area contributed by atoms with E-state index in [1.807, 2.05) is 6.07 Å². The minimum Gasteiger partial charge on any atom is -0.486 e. The average molecular weight is 272 g/mol. The third kappa shape index (κ3) is 2.26. The van der Waals surface area contributed by atoms with Gasteiger partial charge in [0.2, 0.25) is 5.88 Å². The number of hydrogen-bond donors (Lipinski definition) is 1. The summed E-state index contributed by atoms with van der Waals surface area (Å²) in [4.78, 5) is 12.1. The summed E-state index contributed by atoms with van der Waals surface area (Å²) in [5.74, 6) is 1.08. The molecule has 2 heterocycles. The summed E-state index contributed by atoms with van der Waals surface area (Å²) in [6.45, 7) is 1.38. The van der Waals surface area contributed by atoms with Crippen molar-refractivity contribution in [2.75, 3.05) is 19.8 Å². The lowest BCUT2D eigenvalue weighted by Gasteiger charge is -2.18. The highest BCUT2D eigenvalue weighted by molar-refractivity contribution is 5.96. The van der Waals surface area contributed by atoms with Crippen LogP contribution < -0.4 is 14.8 Å². The van der Waals surface area contributed by atoms with Gasteiger partial charge in [0.25, 0.3) is 5.91 Å². The highest BCUT2D eigenvalue weighted by Crippen LogP contribution is 2.30. The molecule has 0 aliphatic carbocycles. The van der Waals surface area contributed by atoms with Crippen molar-refractivity contribution in [1.82, 2.24) is 5.32 Å². The Balaban J connectivity index is 1.79. The Bertz CT molecular complexity index is 631. The molecule has 0 fully saturated rings. The van der Waals surface area contributed by atoms with E-state index in [1.54, 1.807) is 18.2 Å². The maximum atomic E-state index is 12.1. The topological polar surface area (TPSA) is 80.6 Å². The van der Waals surface area contributed by atoms with E-state index in [2.05, 4.69) is 5.32 Å². The third-order valence-electron chi connectivity index (χ3n) is 3.04. The van der Waals surface area contributed by atoms with Crippen LogP contribution >= 0.6 is 0 Å². The highest BCUT2D eigenvalue weighted by Gasteiger charge is 2.20. The number of benzene rings is 1. The Labute approximate surface area is 115 Å². The van der Waals surface area contributed by atoms with E-state index in [0.29, 0.717) is 48.9 Å². The molecule has 6 heteroatoms. The predicted octanol–water partition coefficient (Wildman–Crippen LogP) is 1.34. The molecular formula is C14H12N2O4. The van der Waals surface area contributed by atoms with Crippen LogP contribution in [-0.2, 0) is 4.74 Å². The molecule has 0 spiro atoms. The van der Waals surface area contributed by atoms with Gasteiger partial charge in [0.15, 0.2) is 11.5 Å². The van der Waals surface area contributed by atoms with Gasteiger partial charge in [0.05, 0.1) is 12.2 Å². The molecule has 1 aromatic rings. The van der Waals surface area contributed by atoms with E-state index in [-0.39, 0.29) is 11.8 Å². The summed E-state index contributed by atoms with van der Waals surface area (Å²) in [5.41, 5.74) is 0.880. The van der Waals surface area contributed by atoms with Gasteiger partial charge >= 0.3 is 0 Å². The number of ether oxygens (including phenoxy) is 3. The molecule has 0 unspecified atom stereocenters. The number of fused-ring (bicyclic) bond motifs is 1. The zero-order valence-corrected chi connectivity index (χ0v) is 10.6. The van der Waals surface area contributed by atoms with Gasteiger partial charge in [0, 0.05) is 12.0 Å². The fourth-order valence-electron chi connectivity index (χ4n) is 2.03. The first-order valence-electron chi connectivity index (χ1n) is 6.25. The van der Waals surface area contributed by atoms with Crippen LogP contribution in [0.1, 0.15) is 16.8 Å². The van der Waals surface area contributed by atoms with Gasteiger partial charge < -0.3 is 14.2 Å². The maximum Gasteiger partial charge on any atom is 0.258 e. The molecule has 1 amide bonds. The van der Waals surface area contributed by atoms with Crippen LogP contribution in [0.4, 0.5) is 0 Å². The first-order chi connectivity index (χ1) is 9.78. The second-order valence-electron chi connectivity index (χ2n) is 4.33. The Hall–Kier alpha value is -2.68. The van der Waals surface area contributed by atoms with Gasteiger partial charge in [-0.05, 0) is 18.2 Å². The summed E-state index contributed by atoms with van der Waals surface area (Å²) in [6, 6.07) is 6.97. The monoisotopic (exact) mass is 272 g/mol. The molecule has 20 heavy (non-hydrogen) atoms. The van der Waals surface area contributed by atoms with Crippen LogP contribution in [0.3, 0.4) is 0 Å². The van der Waals surface area contributed by atoms with E-state index in [0.717, 1.165) is 0 Å². The van der Waals surface area contributed by atoms with Crippen molar-refractivity contribution >= 4 is 5.91 Å². The lowest BCUT2D eigenvalue weighted by molar-refractivity contribution is 0.0929. The van der Waals surface area contributed by atoms with Gasteiger partial charge in [-0.3, -0.25) is 10.1 Å². The molecule has 102 valence electrons. The van der Waals surface area contributed by atoms with Gasteiger partial charge in [-0.25, -0.2) is 0 Å². The summed E-state index contributed by atoms with van der Waals surface area (Å²) < 4.78 is 16.0. The van der Waals surface area contributed by atoms with Crippen molar-refractivity contribution in [1.29, 1.82) is 5.26 Å². The SMILES string of the molecule is N#CC1=C(NC(=O)c2ccc3c(c2)OCCO3)OCC1. The number of rotatable bonds is 2. The number of carbonyl (C=O) groups excluding carboxylic acids is 1. The number of hydrogen-bond acceptors (Lipinski definition) is 5. The Kier molecular flexibility index (Phi) is 3.17. The van der Waals surface area contributed by atoms with E-state index in [1.165, 1.54) is 0 Å². The van der Waals surface area contributed by atoms with Gasteiger partial charge in [-0.2, -0.15) is 5.26 Å². The van der Waals surface area contributed by atoms with Crippen LogP contribution in [0.15, 0.2) is 29.7 Å².